The molecule has 1 aliphatic heterocycles. The van der Waals surface area contributed by atoms with E-state index < -0.39 is 11.7 Å². The minimum atomic E-state index is -4.42. The van der Waals surface area contributed by atoms with E-state index in [1.807, 2.05) is 23.6 Å². The lowest BCUT2D eigenvalue weighted by Gasteiger charge is -2.09. The first-order chi connectivity index (χ1) is 14.8. The number of alkyl halides is 3. The van der Waals surface area contributed by atoms with Crippen LogP contribution < -0.4 is 14.8 Å². The number of carbonyl (C=O) groups is 1. The fourth-order valence-corrected chi connectivity index (χ4v) is 3.80. The maximum atomic E-state index is 12.6. The molecule has 7 nitrogen and oxygen atoms in total. The Labute approximate surface area is 179 Å². The summed E-state index contributed by atoms with van der Waals surface area (Å²) in [4.78, 5) is 12.2. The summed E-state index contributed by atoms with van der Waals surface area (Å²) < 4.78 is 50.5. The first-order valence-corrected chi connectivity index (χ1v) is 10.3. The van der Waals surface area contributed by atoms with Gasteiger partial charge >= 0.3 is 6.18 Å². The average Bonchev–Trinajstić information content (AvgIpc) is 3.37. The number of anilines is 1. The number of thioether (sulfide) groups is 1. The van der Waals surface area contributed by atoms with Gasteiger partial charge in [0.05, 0.1) is 11.3 Å². The van der Waals surface area contributed by atoms with E-state index in [1.165, 1.54) is 23.9 Å². The normalized spacial score (nSPS) is 12.8. The first-order valence-electron chi connectivity index (χ1n) is 9.28. The van der Waals surface area contributed by atoms with Gasteiger partial charge in [0.2, 0.25) is 12.7 Å². The summed E-state index contributed by atoms with van der Waals surface area (Å²) in [5, 5.41) is 11.5. The molecule has 11 heteroatoms. The fourth-order valence-electron chi connectivity index (χ4n) is 3.00. The Kier molecular flexibility index (Phi) is 5.77. The Balaban J connectivity index is 1.41. The molecule has 1 N–H and O–H groups in total. The molecule has 0 aliphatic carbocycles. The van der Waals surface area contributed by atoms with E-state index in [2.05, 4.69) is 15.5 Å². The molecule has 0 saturated heterocycles. The molecule has 0 radical (unpaired) electrons. The van der Waals surface area contributed by atoms with Gasteiger partial charge in [0.25, 0.3) is 0 Å². The maximum Gasteiger partial charge on any atom is 0.416 e. The van der Waals surface area contributed by atoms with Crippen LogP contribution in [0.15, 0.2) is 47.6 Å². The van der Waals surface area contributed by atoms with Crippen LogP contribution in [0.25, 0.3) is 11.4 Å². The molecule has 31 heavy (non-hydrogen) atoms. The van der Waals surface area contributed by atoms with Gasteiger partial charge in [-0.25, -0.2) is 0 Å². The average molecular weight is 450 g/mol. The predicted octanol–water partition coefficient (Wildman–Crippen LogP) is 4.44. The van der Waals surface area contributed by atoms with Gasteiger partial charge in [-0.2, -0.15) is 13.2 Å². The number of halogens is 3. The van der Waals surface area contributed by atoms with Crippen molar-refractivity contribution in [3.8, 4) is 22.9 Å². The van der Waals surface area contributed by atoms with E-state index in [-0.39, 0.29) is 24.1 Å². The molecule has 1 amide bonds. The fraction of sp³-hybridized carbons (Fsp3) is 0.250. The van der Waals surface area contributed by atoms with E-state index in [4.69, 9.17) is 9.47 Å². The molecular weight excluding hydrogens is 433 g/mol. The third-order valence-electron chi connectivity index (χ3n) is 4.49. The first kappa shape index (κ1) is 21.0. The minimum Gasteiger partial charge on any atom is -0.454 e. The van der Waals surface area contributed by atoms with Crippen molar-refractivity contribution in [2.24, 2.45) is 0 Å². The Morgan fingerprint density at radius 1 is 1.13 bits per heavy atom. The third kappa shape index (κ3) is 4.61. The van der Waals surface area contributed by atoms with Gasteiger partial charge in [-0.05, 0) is 49.4 Å². The number of hydrogen-bond acceptors (Lipinski definition) is 6. The number of nitrogens with zero attached hydrogens (tertiary/aromatic N) is 3. The zero-order valence-corrected chi connectivity index (χ0v) is 17.1. The monoisotopic (exact) mass is 450 g/mol. The maximum absolute atomic E-state index is 12.6. The number of rotatable bonds is 6. The minimum absolute atomic E-state index is 0.0281. The molecule has 162 valence electrons. The Hall–Kier alpha value is -3.21. The van der Waals surface area contributed by atoms with Gasteiger partial charge in [-0.3, -0.25) is 4.79 Å². The summed E-state index contributed by atoms with van der Waals surface area (Å²) in [6.45, 7) is 2.69. The highest BCUT2D eigenvalue weighted by Gasteiger charge is 2.30. The molecule has 0 spiro atoms. The highest BCUT2D eigenvalue weighted by Crippen LogP contribution is 2.36. The third-order valence-corrected chi connectivity index (χ3v) is 5.46. The lowest BCUT2D eigenvalue weighted by Crippen LogP contribution is -2.15. The molecule has 3 aromatic rings. The molecule has 0 atom stereocenters. The van der Waals surface area contributed by atoms with Crippen molar-refractivity contribution in [1.29, 1.82) is 0 Å². The van der Waals surface area contributed by atoms with Crippen LogP contribution in [0.2, 0.25) is 0 Å². The van der Waals surface area contributed by atoms with Crippen LogP contribution in [0.5, 0.6) is 11.5 Å². The van der Waals surface area contributed by atoms with Crippen LogP contribution in [-0.4, -0.2) is 33.2 Å². The number of hydrogen-bond donors (Lipinski definition) is 1. The van der Waals surface area contributed by atoms with Crippen molar-refractivity contribution >= 4 is 23.4 Å². The summed E-state index contributed by atoms with van der Waals surface area (Å²) in [5.41, 5.74) is 0.322. The zero-order valence-electron chi connectivity index (χ0n) is 16.3. The second-order valence-corrected chi connectivity index (χ2v) is 7.47. The Bertz CT molecular complexity index is 1100. The molecule has 0 saturated carbocycles. The topological polar surface area (TPSA) is 78.3 Å². The van der Waals surface area contributed by atoms with Crippen LogP contribution in [0.3, 0.4) is 0 Å². The van der Waals surface area contributed by atoms with Gasteiger partial charge in [0, 0.05) is 17.8 Å². The number of ether oxygens (including phenoxy) is 2. The van der Waals surface area contributed by atoms with E-state index in [0.29, 0.717) is 29.0 Å². The summed E-state index contributed by atoms with van der Waals surface area (Å²) in [6, 6.07) is 9.77. The van der Waals surface area contributed by atoms with Crippen molar-refractivity contribution < 1.29 is 27.4 Å². The summed E-state index contributed by atoms with van der Waals surface area (Å²) >= 11 is 1.19. The van der Waals surface area contributed by atoms with Gasteiger partial charge in [0.1, 0.15) is 0 Å². The smallest absolute Gasteiger partial charge is 0.416 e. The largest absolute Gasteiger partial charge is 0.454 e. The summed E-state index contributed by atoms with van der Waals surface area (Å²) in [6.07, 6.45) is -4.42. The van der Waals surface area contributed by atoms with E-state index in [9.17, 15) is 18.0 Å². The van der Waals surface area contributed by atoms with Crippen molar-refractivity contribution in [1.82, 2.24) is 14.8 Å². The molecule has 1 aromatic heterocycles. The van der Waals surface area contributed by atoms with E-state index in [1.54, 1.807) is 6.07 Å². The van der Waals surface area contributed by atoms with Crippen LogP contribution in [0.1, 0.15) is 12.5 Å². The van der Waals surface area contributed by atoms with Gasteiger partial charge in [-0.15, -0.1) is 10.2 Å². The highest BCUT2D eigenvalue weighted by molar-refractivity contribution is 7.99. The number of benzene rings is 2. The lowest BCUT2D eigenvalue weighted by atomic mass is 10.2. The number of aromatic nitrogens is 3. The van der Waals surface area contributed by atoms with Crippen molar-refractivity contribution in [3.05, 3.63) is 48.0 Å². The summed E-state index contributed by atoms with van der Waals surface area (Å²) in [7, 11) is 0. The second-order valence-electron chi connectivity index (χ2n) is 6.53. The number of fused-ring (bicyclic) bond motifs is 1. The standard InChI is InChI=1S/C20H17F3N4O3S/c1-2-27-18(12-3-8-15-16(9-12)30-11-29-15)25-26-19(27)31-10-17(28)24-14-6-4-13(5-7-14)20(21,22)23/h3-9H,2,10-11H2,1H3,(H,24,28). The lowest BCUT2D eigenvalue weighted by molar-refractivity contribution is -0.137. The molecule has 1 aliphatic rings. The van der Waals surface area contributed by atoms with Crippen LogP contribution >= 0.6 is 11.8 Å². The van der Waals surface area contributed by atoms with E-state index in [0.717, 1.165) is 17.7 Å². The number of carbonyl (C=O) groups excluding carboxylic acids is 1. The van der Waals surface area contributed by atoms with Gasteiger partial charge in [-0.1, -0.05) is 11.8 Å². The molecular formula is C20H17F3N4O3S. The second kappa shape index (κ2) is 8.50. The molecule has 2 aromatic carbocycles. The molecule has 0 fully saturated rings. The van der Waals surface area contributed by atoms with Crippen molar-refractivity contribution in [3.63, 3.8) is 0 Å². The Morgan fingerprint density at radius 3 is 2.58 bits per heavy atom. The molecule has 0 bridgehead atoms. The molecule has 4 rings (SSSR count). The SMILES string of the molecule is CCn1c(SCC(=O)Nc2ccc(C(F)(F)F)cc2)nnc1-c1ccc2c(c1)OCO2. The van der Waals surface area contributed by atoms with Gasteiger partial charge in [0.15, 0.2) is 22.5 Å². The van der Waals surface area contributed by atoms with Crippen LogP contribution in [0.4, 0.5) is 18.9 Å². The van der Waals surface area contributed by atoms with Crippen molar-refractivity contribution in [2.45, 2.75) is 24.8 Å². The van der Waals surface area contributed by atoms with Crippen molar-refractivity contribution in [2.75, 3.05) is 17.9 Å². The Morgan fingerprint density at radius 2 is 1.87 bits per heavy atom. The highest BCUT2D eigenvalue weighted by atomic mass is 32.2. The molecule has 0 unspecified atom stereocenters. The number of nitrogens with one attached hydrogen (secondary N) is 1. The van der Waals surface area contributed by atoms with Crippen LogP contribution in [0, 0.1) is 0 Å². The van der Waals surface area contributed by atoms with Gasteiger partial charge < -0.3 is 19.4 Å². The predicted molar refractivity (Wildman–Crippen MR) is 108 cm³/mol. The van der Waals surface area contributed by atoms with Crippen LogP contribution in [-0.2, 0) is 17.5 Å². The number of amides is 1. The zero-order chi connectivity index (χ0) is 22.0. The molecule has 2 heterocycles. The van der Waals surface area contributed by atoms with E-state index >= 15 is 0 Å². The summed E-state index contributed by atoms with van der Waals surface area (Å²) in [5.74, 6) is 1.60. The quantitative estimate of drug-likeness (QED) is 0.560.